The summed E-state index contributed by atoms with van der Waals surface area (Å²) in [5, 5.41) is 12.5. The SMILES string of the molecule is O=C(COc1cccc(O)c1)Nc1cccc(Cl)c1. The van der Waals surface area contributed by atoms with Crippen LogP contribution in [0, 0.1) is 0 Å². The van der Waals surface area contributed by atoms with Crippen molar-refractivity contribution in [1.29, 1.82) is 0 Å². The number of hydrogen-bond donors (Lipinski definition) is 2. The Balaban J connectivity index is 1.88. The first-order chi connectivity index (χ1) is 9.13. The highest BCUT2D eigenvalue weighted by Crippen LogP contribution is 2.18. The standard InChI is InChI=1S/C14H12ClNO3/c15-10-3-1-4-11(7-10)16-14(18)9-19-13-6-2-5-12(17)8-13/h1-8,17H,9H2,(H,16,18). The number of phenolic OH excluding ortho intramolecular Hbond substituents is 1. The van der Waals surface area contributed by atoms with Crippen LogP contribution >= 0.6 is 11.6 Å². The van der Waals surface area contributed by atoms with Crippen LogP contribution < -0.4 is 10.1 Å². The van der Waals surface area contributed by atoms with Crippen LogP contribution in [-0.2, 0) is 4.79 Å². The molecule has 1 amide bonds. The van der Waals surface area contributed by atoms with Gasteiger partial charge in [0, 0.05) is 16.8 Å². The van der Waals surface area contributed by atoms with E-state index >= 15 is 0 Å². The molecule has 2 N–H and O–H groups in total. The third-order valence-electron chi connectivity index (χ3n) is 2.30. The summed E-state index contributed by atoms with van der Waals surface area (Å²) in [6.45, 7) is -0.143. The number of benzene rings is 2. The molecule has 0 saturated carbocycles. The van der Waals surface area contributed by atoms with Gasteiger partial charge in [-0.15, -0.1) is 0 Å². The van der Waals surface area contributed by atoms with E-state index in [0.717, 1.165) is 0 Å². The molecule has 0 aromatic heterocycles. The zero-order valence-electron chi connectivity index (χ0n) is 9.97. The summed E-state index contributed by atoms with van der Waals surface area (Å²) >= 11 is 5.81. The van der Waals surface area contributed by atoms with E-state index in [1.54, 1.807) is 36.4 Å². The Bertz CT molecular complexity index is 586. The van der Waals surface area contributed by atoms with Gasteiger partial charge in [0.15, 0.2) is 6.61 Å². The molecule has 5 heteroatoms. The van der Waals surface area contributed by atoms with Crippen molar-refractivity contribution in [2.24, 2.45) is 0 Å². The Morgan fingerprint density at radius 2 is 2.00 bits per heavy atom. The minimum absolute atomic E-state index is 0.0905. The zero-order valence-corrected chi connectivity index (χ0v) is 10.7. The maximum absolute atomic E-state index is 11.6. The molecular weight excluding hydrogens is 266 g/mol. The van der Waals surface area contributed by atoms with Gasteiger partial charge in [0.25, 0.3) is 5.91 Å². The maximum atomic E-state index is 11.6. The van der Waals surface area contributed by atoms with E-state index in [-0.39, 0.29) is 18.3 Å². The summed E-state index contributed by atoms with van der Waals surface area (Å²) in [6.07, 6.45) is 0. The first-order valence-electron chi connectivity index (χ1n) is 5.61. The predicted molar refractivity (Wildman–Crippen MR) is 73.7 cm³/mol. The second kappa shape index (κ2) is 6.11. The normalized spacial score (nSPS) is 9.95. The number of amides is 1. The van der Waals surface area contributed by atoms with Crippen molar-refractivity contribution < 1.29 is 14.6 Å². The van der Waals surface area contributed by atoms with Gasteiger partial charge >= 0.3 is 0 Å². The number of nitrogens with one attached hydrogen (secondary N) is 1. The van der Waals surface area contributed by atoms with Crippen molar-refractivity contribution >= 4 is 23.2 Å². The topological polar surface area (TPSA) is 58.6 Å². The molecule has 0 saturated heterocycles. The molecule has 4 nitrogen and oxygen atoms in total. The molecule has 0 spiro atoms. The Hall–Kier alpha value is -2.20. The third kappa shape index (κ3) is 4.19. The van der Waals surface area contributed by atoms with E-state index in [2.05, 4.69) is 5.32 Å². The lowest BCUT2D eigenvalue weighted by atomic mass is 10.3. The van der Waals surface area contributed by atoms with Gasteiger partial charge in [0.1, 0.15) is 11.5 Å². The van der Waals surface area contributed by atoms with Crippen LogP contribution in [0.1, 0.15) is 0 Å². The largest absolute Gasteiger partial charge is 0.508 e. The number of phenols is 1. The number of ether oxygens (including phenoxy) is 1. The van der Waals surface area contributed by atoms with E-state index in [4.69, 9.17) is 16.3 Å². The zero-order chi connectivity index (χ0) is 13.7. The highest BCUT2D eigenvalue weighted by molar-refractivity contribution is 6.30. The van der Waals surface area contributed by atoms with Crippen molar-refractivity contribution in [3.63, 3.8) is 0 Å². The first-order valence-corrected chi connectivity index (χ1v) is 5.98. The smallest absolute Gasteiger partial charge is 0.262 e. The molecular formula is C14H12ClNO3. The van der Waals surface area contributed by atoms with Crippen molar-refractivity contribution in [2.45, 2.75) is 0 Å². The van der Waals surface area contributed by atoms with E-state index < -0.39 is 0 Å². The quantitative estimate of drug-likeness (QED) is 0.903. The summed E-state index contributed by atoms with van der Waals surface area (Å²) in [6, 6.07) is 13.1. The number of rotatable bonds is 4. The second-order valence-corrected chi connectivity index (χ2v) is 4.28. The molecule has 0 aliphatic carbocycles. The van der Waals surface area contributed by atoms with Crippen LogP contribution in [0.3, 0.4) is 0 Å². The van der Waals surface area contributed by atoms with Crippen LogP contribution in [0.2, 0.25) is 5.02 Å². The summed E-state index contributed by atoms with van der Waals surface area (Å²) in [5.74, 6) is 0.222. The molecule has 2 rings (SSSR count). The number of aromatic hydroxyl groups is 1. The van der Waals surface area contributed by atoms with Gasteiger partial charge in [0.2, 0.25) is 0 Å². The van der Waals surface area contributed by atoms with Gasteiger partial charge in [0.05, 0.1) is 0 Å². The lowest BCUT2D eigenvalue weighted by Gasteiger charge is -2.07. The fraction of sp³-hybridized carbons (Fsp3) is 0.0714. The van der Waals surface area contributed by atoms with Gasteiger partial charge < -0.3 is 15.2 Å². The Morgan fingerprint density at radius 3 is 2.74 bits per heavy atom. The molecule has 98 valence electrons. The molecule has 0 aliphatic rings. The highest BCUT2D eigenvalue weighted by atomic mass is 35.5. The fourth-order valence-corrected chi connectivity index (χ4v) is 1.68. The molecule has 0 fully saturated rings. The Labute approximate surface area is 115 Å². The molecule has 2 aromatic carbocycles. The summed E-state index contributed by atoms with van der Waals surface area (Å²) in [5.41, 5.74) is 0.608. The number of anilines is 1. The molecule has 0 heterocycles. The molecule has 19 heavy (non-hydrogen) atoms. The van der Waals surface area contributed by atoms with E-state index in [1.807, 2.05) is 0 Å². The molecule has 0 atom stereocenters. The highest BCUT2D eigenvalue weighted by Gasteiger charge is 2.04. The average Bonchev–Trinajstić information content (AvgIpc) is 2.36. The van der Waals surface area contributed by atoms with Gasteiger partial charge in [-0.2, -0.15) is 0 Å². The van der Waals surface area contributed by atoms with Gasteiger partial charge in [-0.25, -0.2) is 0 Å². The number of halogens is 1. The van der Waals surface area contributed by atoms with Crippen LogP contribution in [0.25, 0.3) is 0 Å². The predicted octanol–water partition coefficient (Wildman–Crippen LogP) is 3.06. The fourth-order valence-electron chi connectivity index (χ4n) is 1.49. The van der Waals surface area contributed by atoms with E-state index in [9.17, 15) is 9.90 Å². The van der Waals surface area contributed by atoms with Crippen molar-refractivity contribution in [2.75, 3.05) is 11.9 Å². The molecule has 0 aliphatic heterocycles. The van der Waals surface area contributed by atoms with E-state index in [1.165, 1.54) is 12.1 Å². The van der Waals surface area contributed by atoms with Crippen molar-refractivity contribution in [3.05, 3.63) is 53.6 Å². The van der Waals surface area contributed by atoms with Gasteiger partial charge in [-0.05, 0) is 30.3 Å². The number of carbonyl (C=O) groups is 1. The van der Waals surface area contributed by atoms with Crippen LogP contribution in [0.4, 0.5) is 5.69 Å². The summed E-state index contributed by atoms with van der Waals surface area (Å²) in [4.78, 5) is 11.6. The molecule has 0 unspecified atom stereocenters. The van der Waals surface area contributed by atoms with Crippen molar-refractivity contribution in [3.8, 4) is 11.5 Å². The first kappa shape index (κ1) is 13.2. The lowest BCUT2D eigenvalue weighted by Crippen LogP contribution is -2.20. The van der Waals surface area contributed by atoms with Crippen LogP contribution in [0.15, 0.2) is 48.5 Å². The minimum Gasteiger partial charge on any atom is -0.508 e. The number of carbonyl (C=O) groups excluding carboxylic acids is 1. The van der Waals surface area contributed by atoms with Crippen LogP contribution in [-0.4, -0.2) is 17.6 Å². The summed E-state index contributed by atoms with van der Waals surface area (Å²) < 4.78 is 5.25. The number of hydrogen-bond acceptors (Lipinski definition) is 3. The maximum Gasteiger partial charge on any atom is 0.262 e. The second-order valence-electron chi connectivity index (χ2n) is 3.84. The van der Waals surface area contributed by atoms with Crippen LogP contribution in [0.5, 0.6) is 11.5 Å². The Kier molecular flexibility index (Phi) is 4.26. The van der Waals surface area contributed by atoms with Gasteiger partial charge in [-0.3, -0.25) is 4.79 Å². The van der Waals surface area contributed by atoms with E-state index in [0.29, 0.717) is 16.5 Å². The lowest BCUT2D eigenvalue weighted by molar-refractivity contribution is -0.118. The van der Waals surface area contributed by atoms with Gasteiger partial charge in [-0.1, -0.05) is 23.7 Å². The third-order valence-corrected chi connectivity index (χ3v) is 2.53. The average molecular weight is 278 g/mol. The monoisotopic (exact) mass is 277 g/mol. The summed E-state index contributed by atoms with van der Waals surface area (Å²) in [7, 11) is 0. The minimum atomic E-state index is -0.300. The molecule has 2 aromatic rings. The molecule has 0 bridgehead atoms. The van der Waals surface area contributed by atoms with Crippen molar-refractivity contribution in [1.82, 2.24) is 0 Å². The molecule has 0 radical (unpaired) electrons. The Morgan fingerprint density at radius 1 is 1.21 bits per heavy atom.